The minimum atomic E-state index is -4.81. The molecule has 0 bridgehead atoms. The van der Waals surface area contributed by atoms with Crippen LogP contribution in [0.2, 0.25) is 0 Å². The molecule has 1 aliphatic carbocycles. The van der Waals surface area contributed by atoms with E-state index in [2.05, 4.69) is 15.7 Å². The number of hydrogen-bond donors (Lipinski definition) is 2. The number of fused-ring (bicyclic) bond motifs is 1. The first-order valence-electron chi connectivity index (χ1n) is 20.6. The number of para-hydroxylation sites is 1. The molecule has 4 amide bonds. The van der Waals surface area contributed by atoms with Crippen molar-refractivity contribution in [2.45, 2.75) is 101 Å². The lowest BCUT2D eigenvalue weighted by atomic mass is 9.82. The fraction of sp³-hybridized carbons (Fsp3) is 0.548. The number of imide groups is 1. The molecule has 2 unspecified atom stereocenters. The molecule has 20 heteroatoms. The van der Waals surface area contributed by atoms with E-state index in [-0.39, 0.29) is 54.6 Å². The lowest BCUT2D eigenvalue weighted by Crippen LogP contribution is -2.60. The number of alkyl halides is 6. The van der Waals surface area contributed by atoms with E-state index in [4.69, 9.17) is 12.2 Å². The molecule has 7 rings (SSSR count). The molecule has 3 aromatic rings. The first kappa shape index (κ1) is 44.9. The van der Waals surface area contributed by atoms with Crippen molar-refractivity contribution < 1.29 is 45.5 Å². The molecule has 2 N–H and O–H groups in total. The highest BCUT2D eigenvalue weighted by molar-refractivity contribution is 7.80. The number of piperazine rings is 1. The molecular weight excluding hydrogens is 841 g/mol. The Morgan fingerprint density at radius 2 is 1.76 bits per heavy atom. The number of piperidine rings is 1. The second kappa shape index (κ2) is 17.2. The quantitative estimate of drug-likeness (QED) is 0.137. The number of aromatic nitrogens is 2. The van der Waals surface area contributed by atoms with Gasteiger partial charge in [-0.25, -0.2) is 0 Å². The predicted molar refractivity (Wildman–Crippen MR) is 219 cm³/mol. The summed E-state index contributed by atoms with van der Waals surface area (Å²) >= 11 is 5.72. The normalized spacial score (nSPS) is 24.1. The number of carbonyl (C=O) groups excluding carboxylic acids is 4. The average Bonchev–Trinajstić information content (AvgIpc) is 3.63. The van der Waals surface area contributed by atoms with Crippen LogP contribution < -0.4 is 15.5 Å². The highest BCUT2D eigenvalue weighted by Gasteiger charge is 2.53. The van der Waals surface area contributed by atoms with E-state index in [1.807, 2.05) is 4.90 Å². The molecule has 0 spiro atoms. The summed E-state index contributed by atoms with van der Waals surface area (Å²) in [5.41, 5.74) is -1.61. The van der Waals surface area contributed by atoms with Gasteiger partial charge in [-0.05, 0) is 108 Å². The van der Waals surface area contributed by atoms with Crippen LogP contribution in [0.1, 0.15) is 88.0 Å². The highest BCUT2D eigenvalue weighted by Crippen LogP contribution is 2.42. The lowest BCUT2D eigenvalue weighted by molar-refractivity contribution is -0.197. The Morgan fingerprint density at radius 3 is 2.42 bits per heavy atom. The van der Waals surface area contributed by atoms with Crippen LogP contribution in [0.3, 0.4) is 0 Å². The Labute approximate surface area is 359 Å². The highest BCUT2D eigenvalue weighted by atomic mass is 32.1. The number of rotatable bonds is 10. The van der Waals surface area contributed by atoms with Crippen LogP contribution in [-0.4, -0.2) is 110 Å². The van der Waals surface area contributed by atoms with Crippen LogP contribution >= 0.6 is 12.2 Å². The van der Waals surface area contributed by atoms with Crippen molar-refractivity contribution in [3.8, 4) is 6.07 Å². The van der Waals surface area contributed by atoms with Crippen molar-refractivity contribution >= 4 is 63.2 Å². The fourth-order valence-corrected chi connectivity index (χ4v) is 10.1. The number of thiocarbonyl (C=S) groups is 1. The summed E-state index contributed by atoms with van der Waals surface area (Å²) < 4.78 is 86.2. The molecule has 332 valence electrons. The first-order chi connectivity index (χ1) is 29.2. The van der Waals surface area contributed by atoms with Crippen LogP contribution in [0.4, 0.5) is 37.7 Å². The second-order valence-corrected chi connectivity index (χ2v) is 17.5. The maximum atomic E-state index is 14.5. The molecule has 2 atom stereocenters. The minimum Gasteiger partial charge on any atom is -0.331 e. The monoisotopic (exact) mass is 887 g/mol. The summed E-state index contributed by atoms with van der Waals surface area (Å²) in [7, 11) is 1.64. The van der Waals surface area contributed by atoms with Crippen molar-refractivity contribution in [1.29, 1.82) is 5.26 Å². The van der Waals surface area contributed by atoms with Crippen LogP contribution in [-0.2, 0) is 32.4 Å². The largest absolute Gasteiger partial charge is 0.417 e. The Balaban J connectivity index is 0.910. The number of aryl methyl sites for hydroxylation is 1. The van der Waals surface area contributed by atoms with Gasteiger partial charge in [0.2, 0.25) is 17.7 Å². The molecule has 2 aromatic carbocycles. The van der Waals surface area contributed by atoms with Gasteiger partial charge in [-0.3, -0.25) is 39.0 Å². The van der Waals surface area contributed by atoms with Gasteiger partial charge in [0.15, 0.2) is 5.11 Å². The van der Waals surface area contributed by atoms with E-state index >= 15 is 0 Å². The number of hydrogen-bond acceptors (Lipinski definition) is 9. The van der Waals surface area contributed by atoms with Crippen molar-refractivity contribution in [2.75, 3.05) is 42.9 Å². The molecule has 4 heterocycles. The van der Waals surface area contributed by atoms with Gasteiger partial charge in [0.05, 0.1) is 52.2 Å². The van der Waals surface area contributed by atoms with Crippen molar-refractivity contribution in [2.24, 2.45) is 13.0 Å². The summed E-state index contributed by atoms with van der Waals surface area (Å²) in [6.07, 6.45) is -4.61. The van der Waals surface area contributed by atoms with Gasteiger partial charge in [-0.2, -0.15) is 36.7 Å². The number of nitrogens with one attached hydrogen (secondary N) is 2. The fourth-order valence-electron chi connectivity index (χ4n) is 9.58. The van der Waals surface area contributed by atoms with Gasteiger partial charge >= 0.3 is 12.4 Å². The maximum absolute atomic E-state index is 14.5. The molecule has 4 aliphatic rings. The molecule has 1 saturated carbocycles. The van der Waals surface area contributed by atoms with Gasteiger partial charge in [-0.1, -0.05) is 12.1 Å². The Morgan fingerprint density at radius 1 is 1.03 bits per heavy atom. The van der Waals surface area contributed by atoms with E-state index in [1.165, 1.54) is 10.7 Å². The standard InChI is InChI=1S/C42H47F6N9O4S/c1-40(2)38(61)56(27-14-11-25(21-49)30(20-27)41(43,44)45)39(62)57(40)26-12-9-24(10-13-26)6-5-17-54-18-19-55(32(22-54)42(46,47)48)23-34(59)50-31-8-4-7-28-35(52-53(3)36(28)31)29-15-16-33(58)51-37(29)60/h4,7-8,11,14,20,24,26,29,32H,5-6,9-10,12-13,15-19,22-23H2,1-3H3,(H,50,59)(H,51,58,60). The Kier molecular flexibility index (Phi) is 12.5. The number of benzene rings is 2. The molecule has 13 nitrogen and oxygen atoms in total. The maximum Gasteiger partial charge on any atom is 0.417 e. The van der Waals surface area contributed by atoms with Crippen molar-refractivity contribution in [3.63, 3.8) is 0 Å². The lowest BCUT2D eigenvalue weighted by Gasteiger charge is -2.42. The third-order valence-electron chi connectivity index (χ3n) is 12.7. The Hall–Kier alpha value is -5.13. The van der Waals surface area contributed by atoms with Crippen LogP contribution in [0.5, 0.6) is 0 Å². The number of anilines is 2. The van der Waals surface area contributed by atoms with E-state index in [0.717, 1.165) is 41.2 Å². The topological polar surface area (TPSA) is 147 Å². The summed E-state index contributed by atoms with van der Waals surface area (Å²) in [6.45, 7) is 3.42. The smallest absolute Gasteiger partial charge is 0.331 e. The summed E-state index contributed by atoms with van der Waals surface area (Å²) in [5.74, 6) is -2.29. The minimum absolute atomic E-state index is 0.0273. The number of amides is 4. The van der Waals surface area contributed by atoms with Crippen molar-refractivity contribution in [1.82, 2.24) is 29.8 Å². The zero-order chi connectivity index (χ0) is 44.9. The molecule has 0 radical (unpaired) electrons. The molecule has 62 heavy (non-hydrogen) atoms. The zero-order valence-electron chi connectivity index (χ0n) is 34.4. The third kappa shape index (κ3) is 8.89. The van der Waals surface area contributed by atoms with Crippen LogP contribution in [0.15, 0.2) is 36.4 Å². The molecule has 4 fully saturated rings. The van der Waals surface area contributed by atoms with Crippen molar-refractivity contribution in [3.05, 3.63) is 53.2 Å². The third-order valence-corrected chi connectivity index (χ3v) is 13.1. The number of nitriles is 1. The summed E-state index contributed by atoms with van der Waals surface area (Å²) in [5, 5.41) is 19.5. The van der Waals surface area contributed by atoms with Gasteiger partial charge in [0.25, 0.3) is 5.91 Å². The van der Waals surface area contributed by atoms with E-state index in [1.54, 1.807) is 50.1 Å². The molecule has 1 aromatic heterocycles. The number of carbonyl (C=O) groups is 4. The molecule has 3 aliphatic heterocycles. The molecule has 3 saturated heterocycles. The first-order valence-corrected chi connectivity index (χ1v) is 21.0. The van der Waals surface area contributed by atoms with E-state index < -0.39 is 65.2 Å². The van der Waals surface area contributed by atoms with Gasteiger partial charge < -0.3 is 15.1 Å². The van der Waals surface area contributed by atoms with E-state index in [9.17, 15) is 50.8 Å². The van der Waals surface area contributed by atoms with Gasteiger partial charge in [0, 0.05) is 44.5 Å². The number of halogens is 6. The van der Waals surface area contributed by atoms with Crippen LogP contribution in [0.25, 0.3) is 10.9 Å². The predicted octanol–water partition coefficient (Wildman–Crippen LogP) is 6.22. The van der Waals surface area contributed by atoms with E-state index in [0.29, 0.717) is 54.6 Å². The number of nitrogens with zero attached hydrogens (tertiary/aromatic N) is 7. The molecular formula is C42H47F6N9O4S. The SMILES string of the molecule is Cn1nc(C2CCC(=O)NC2=O)c2cccc(NC(=O)CN3CCN(CCCC4CCC(N5C(=S)N(c6ccc(C#N)c(C(F)(F)F)c6)C(=O)C5(C)C)CC4)CC3C(F)(F)F)c21. The average molecular weight is 888 g/mol. The van der Waals surface area contributed by atoms with Gasteiger partial charge in [0.1, 0.15) is 11.6 Å². The second-order valence-electron chi connectivity index (χ2n) is 17.1. The summed E-state index contributed by atoms with van der Waals surface area (Å²) in [6, 6.07) is 7.68. The van der Waals surface area contributed by atoms with Crippen LogP contribution in [0, 0.1) is 17.2 Å². The summed E-state index contributed by atoms with van der Waals surface area (Å²) in [4.78, 5) is 57.1. The van der Waals surface area contributed by atoms with Gasteiger partial charge in [-0.15, -0.1) is 0 Å². The zero-order valence-corrected chi connectivity index (χ0v) is 35.2. The Bertz CT molecular complexity index is 2320.